The molecule has 0 bridgehead atoms. The number of halogens is 2. The van der Waals surface area contributed by atoms with Crippen LogP contribution in [0.25, 0.3) is 5.95 Å². The molecule has 0 saturated heterocycles. The average Bonchev–Trinajstić information content (AvgIpc) is 3.08. The molecule has 9 nitrogen and oxygen atoms in total. The van der Waals surface area contributed by atoms with Gasteiger partial charge in [-0.2, -0.15) is 9.78 Å². The number of urea groups is 1. The van der Waals surface area contributed by atoms with Gasteiger partial charge < -0.3 is 10.6 Å². The van der Waals surface area contributed by atoms with E-state index in [0.717, 1.165) is 3.57 Å². The third-order valence-corrected chi connectivity index (χ3v) is 4.22. The molecule has 0 aliphatic rings. The van der Waals surface area contributed by atoms with Gasteiger partial charge in [-0.1, -0.05) is 11.6 Å². The van der Waals surface area contributed by atoms with Gasteiger partial charge in [0.2, 0.25) is 0 Å². The molecule has 3 rings (SSSR count). The van der Waals surface area contributed by atoms with Gasteiger partial charge in [0, 0.05) is 16.0 Å². The van der Waals surface area contributed by atoms with Gasteiger partial charge in [0.15, 0.2) is 5.82 Å². The van der Waals surface area contributed by atoms with E-state index in [-0.39, 0.29) is 0 Å². The van der Waals surface area contributed by atoms with E-state index in [1.165, 1.54) is 17.2 Å². The highest BCUT2D eigenvalue weighted by molar-refractivity contribution is 14.1. The van der Waals surface area contributed by atoms with Crippen LogP contribution >= 0.6 is 34.2 Å². The Balaban J connectivity index is 1.71. The highest BCUT2D eigenvalue weighted by Crippen LogP contribution is 2.20. The van der Waals surface area contributed by atoms with E-state index in [1.54, 1.807) is 31.5 Å². The Morgan fingerprint density at radius 2 is 2.04 bits per heavy atom. The van der Waals surface area contributed by atoms with Crippen LogP contribution in [-0.4, -0.2) is 35.7 Å². The fourth-order valence-corrected chi connectivity index (χ4v) is 2.93. The number of amides is 2. The molecule has 0 spiro atoms. The maximum Gasteiger partial charge on any atom is 0.319 e. The number of hydrogen-bond donors (Lipinski definition) is 2. The Kier molecular flexibility index (Phi) is 5.38. The minimum atomic E-state index is -0.427. The summed E-state index contributed by atoms with van der Waals surface area (Å²) in [5, 5.41) is 9.98. The third kappa shape index (κ3) is 4.20. The van der Waals surface area contributed by atoms with Crippen LogP contribution in [0.15, 0.2) is 37.1 Å². The molecule has 0 radical (unpaired) electrons. The lowest BCUT2D eigenvalue weighted by atomic mass is 10.3. The fourth-order valence-electron chi connectivity index (χ4n) is 2.02. The Morgan fingerprint density at radius 1 is 1.28 bits per heavy atom. The standard InChI is InChI=1S/C14H12ClIN8O/c1-8(12-20-7-21-24(12)13-17-3-2-4-18-13)22-14(25)23-10-6-19-11(15)5-9(10)16/h2-8H,1H3,(H2,22,23,25)/t8-/m0/s1. The zero-order valence-corrected chi connectivity index (χ0v) is 15.8. The number of pyridine rings is 1. The zero-order valence-electron chi connectivity index (χ0n) is 12.9. The highest BCUT2D eigenvalue weighted by atomic mass is 127. The van der Waals surface area contributed by atoms with Crippen molar-refractivity contribution >= 4 is 45.9 Å². The van der Waals surface area contributed by atoms with E-state index in [2.05, 4.69) is 58.3 Å². The van der Waals surface area contributed by atoms with Crippen LogP contribution in [0.5, 0.6) is 0 Å². The van der Waals surface area contributed by atoms with Crippen molar-refractivity contribution < 1.29 is 4.79 Å². The summed E-state index contributed by atoms with van der Waals surface area (Å²) in [6.07, 6.45) is 6.09. The van der Waals surface area contributed by atoms with E-state index in [4.69, 9.17) is 11.6 Å². The second kappa shape index (κ2) is 7.70. The first-order chi connectivity index (χ1) is 12.0. The predicted molar refractivity (Wildman–Crippen MR) is 99.5 cm³/mol. The first kappa shape index (κ1) is 17.5. The van der Waals surface area contributed by atoms with Crippen LogP contribution in [0, 0.1) is 3.57 Å². The number of aromatic nitrogens is 6. The predicted octanol–water partition coefficient (Wildman–Crippen LogP) is 2.59. The SMILES string of the molecule is C[C@H](NC(=O)Nc1cnc(Cl)cc1I)c1ncnn1-c1ncccn1. The molecular weight excluding hydrogens is 459 g/mol. The van der Waals surface area contributed by atoms with Crippen LogP contribution in [0.1, 0.15) is 18.8 Å². The van der Waals surface area contributed by atoms with Gasteiger partial charge in [-0.15, -0.1) is 0 Å². The lowest BCUT2D eigenvalue weighted by Crippen LogP contribution is -2.33. The van der Waals surface area contributed by atoms with Crippen molar-refractivity contribution in [2.45, 2.75) is 13.0 Å². The van der Waals surface area contributed by atoms with E-state index in [9.17, 15) is 4.79 Å². The molecule has 2 N–H and O–H groups in total. The number of carbonyl (C=O) groups is 1. The molecule has 0 unspecified atom stereocenters. The molecule has 0 saturated carbocycles. The van der Waals surface area contributed by atoms with Crippen LogP contribution in [0.4, 0.5) is 10.5 Å². The van der Waals surface area contributed by atoms with Crippen LogP contribution in [-0.2, 0) is 0 Å². The molecule has 0 fully saturated rings. The summed E-state index contributed by atoms with van der Waals surface area (Å²) in [7, 11) is 0. The van der Waals surface area contributed by atoms with Gasteiger partial charge in [0.1, 0.15) is 11.5 Å². The topological polar surface area (TPSA) is 111 Å². The highest BCUT2D eigenvalue weighted by Gasteiger charge is 2.18. The molecule has 11 heteroatoms. The lowest BCUT2D eigenvalue weighted by Gasteiger charge is -2.15. The molecule has 128 valence electrons. The molecular formula is C14H12ClIN8O. The van der Waals surface area contributed by atoms with Crippen molar-refractivity contribution in [2.75, 3.05) is 5.32 Å². The minimum absolute atomic E-state index is 0.361. The van der Waals surface area contributed by atoms with Crippen molar-refractivity contribution in [1.29, 1.82) is 0 Å². The second-order valence-corrected chi connectivity index (χ2v) is 6.44. The fraction of sp³-hybridized carbons (Fsp3) is 0.143. The molecule has 0 aliphatic carbocycles. The summed E-state index contributed by atoms with van der Waals surface area (Å²) in [6.45, 7) is 1.79. The average molecular weight is 471 g/mol. The molecule has 3 aromatic rings. The molecule has 0 aromatic carbocycles. The number of anilines is 1. The summed E-state index contributed by atoms with van der Waals surface area (Å²) < 4.78 is 2.25. The van der Waals surface area contributed by atoms with Gasteiger partial charge in [-0.05, 0) is 41.6 Å². The molecule has 1 atom stereocenters. The van der Waals surface area contributed by atoms with E-state index >= 15 is 0 Å². The van der Waals surface area contributed by atoms with Gasteiger partial charge >= 0.3 is 6.03 Å². The quantitative estimate of drug-likeness (QED) is 0.448. The lowest BCUT2D eigenvalue weighted by molar-refractivity contribution is 0.248. The van der Waals surface area contributed by atoms with Crippen molar-refractivity contribution in [1.82, 2.24) is 35.0 Å². The van der Waals surface area contributed by atoms with Gasteiger partial charge in [-0.3, -0.25) is 0 Å². The number of carbonyl (C=O) groups excluding carboxylic acids is 1. The Bertz CT molecular complexity index is 888. The van der Waals surface area contributed by atoms with E-state index < -0.39 is 12.1 Å². The summed E-state index contributed by atoms with van der Waals surface area (Å²) in [5.74, 6) is 0.880. The molecule has 2 amide bonds. The van der Waals surface area contributed by atoms with Gasteiger partial charge in [0.25, 0.3) is 5.95 Å². The Hall–Kier alpha value is -2.34. The van der Waals surface area contributed by atoms with E-state index in [0.29, 0.717) is 22.6 Å². The summed E-state index contributed by atoms with van der Waals surface area (Å²) >= 11 is 7.87. The molecule has 3 aromatic heterocycles. The maximum absolute atomic E-state index is 12.2. The largest absolute Gasteiger partial charge is 0.328 e. The maximum atomic E-state index is 12.2. The Labute approximate surface area is 161 Å². The zero-order chi connectivity index (χ0) is 17.8. The first-order valence-corrected chi connectivity index (χ1v) is 8.56. The summed E-state index contributed by atoms with van der Waals surface area (Å²) in [5.41, 5.74) is 0.558. The van der Waals surface area contributed by atoms with Crippen molar-refractivity contribution in [3.63, 3.8) is 0 Å². The molecule has 25 heavy (non-hydrogen) atoms. The number of rotatable bonds is 4. The van der Waals surface area contributed by atoms with Crippen molar-refractivity contribution in [3.8, 4) is 5.95 Å². The number of hydrogen-bond acceptors (Lipinski definition) is 6. The number of nitrogens with one attached hydrogen (secondary N) is 2. The smallest absolute Gasteiger partial charge is 0.319 e. The van der Waals surface area contributed by atoms with Gasteiger partial charge in [-0.25, -0.2) is 24.7 Å². The normalized spacial score (nSPS) is 11.8. The first-order valence-electron chi connectivity index (χ1n) is 7.10. The number of nitrogens with zero attached hydrogens (tertiary/aromatic N) is 6. The van der Waals surface area contributed by atoms with E-state index in [1.807, 2.05) is 0 Å². The second-order valence-electron chi connectivity index (χ2n) is 4.89. The summed E-state index contributed by atoms with van der Waals surface area (Å²) in [4.78, 5) is 28.6. The Morgan fingerprint density at radius 3 is 2.76 bits per heavy atom. The molecule has 0 aliphatic heterocycles. The van der Waals surface area contributed by atoms with Crippen LogP contribution in [0.3, 0.4) is 0 Å². The summed E-state index contributed by atoms with van der Waals surface area (Å²) in [6, 6.07) is 2.53. The van der Waals surface area contributed by atoms with Crippen molar-refractivity contribution in [2.24, 2.45) is 0 Å². The van der Waals surface area contributed by atoms with Crippen LogP contribution in [0.2, 0.25) is 5.15 Å². The molecule has 3 heterocycles. The van der Waals surface area contributed by atoms with Gasteiger partial charge in [0.05, 0.1) is 17.9 Å². The third-order valence-electron chi connectivity index (χ3n) is 3.12. The van der Waals surface area contributed by atoms with Crippen LogP contribution < -0.4 is 10.6 Å². The monoisotopic (exact) mass is 470 g/mol. The minimum Gasteiger partial charge on any atom is -0.328 e. The van der Waals surface area contributed by atoms with Crippen molar-refractivity contribution in [3.05, 3.63) is 51.6 Å².